The summed E-state index contributed by atoms with van der Waals surface area (Å²) in [5.74, 6) is -2.81. The topological polar surface area (TPSA) is 12.9 Å². The summed E-state index contributed by atoms with van der Waals surface area (Å²) >= 11 is 0. The highest BCUT2D eigenvalue weighted by atomic mass is 19.3. The van der Waals surface area contributed by atoms with E-state index in [2.05, 4.69) is 11.1 Å². The number of nitrogens with zero attached hydrogens (tertiary/aromatic N) is 1. The van der Waals surface area contributed by atoms with Crippen LogP contribution < -0.4 is 0 Å². The van der Waals surface area contributed by atoms with E-state index < -0.39 is 5.92 Å². The Morgan fingerprint density at radius 2 is 1.61 bits per heavy atom. The van der Waals surface area contributed by atoms with Gasteiger partial charge < -0.3 is 0 Å². The average Bonchev–Trinajstić information content (AvgIpc) is 2.55. The van der Waals surface area contributed by atoms with Gasteiger partial charge in [0.2, 0.25) is 0 Å². The van der Waals surface area contributed by atoms with Crippen molar-refractivity contribution in [3.8, 4) is 11.1 Å². The molecular formula is C20H21F2N. The molecule has 0 atom stereocenters. The lowest BCUT2D eigenvalue weighted by Crippen LogP contribution is -2.06. The third-order valence-electron chi connectivity index (χ3n) is 3.55. The summed E-state index contributed by atoms with van der Waals surface area (Å²) in [7, 11) is 0. The van der Waals surface area contributed by atoms with Gasteiger partial charge in [0.05, 0.1) is 5.52 Å². The highest BCUT2D eigenvalue weighted by molar-refractivity contribution is 5.93. The lowest BCUT2D eigenvalue weighted by molar-refractivity contribution is 0.0175. The second-order valence-corrected chi connectivity index (χ2v) is 5.36. The first-order valence-electron chi connectivity index (χ1n) is 7.79. The zero-order valence-electron chi connectivity index (χ0n) is 13.9. The van der Waals surface area contributed by atoms with Crippen molar-refractivity contribution < 1.29 is 8.78 Å². The molecule has 3 aromatic rings. The van der Waals surface area contributed by atoms with Crippen molar-refractivity contribution in [1.82, 2.24) is 4.98 Å². The normalized spacial score (nSPS) is 11.0. The van der Waals surface area contributed by atoms with Crippen LogP contribution in [0.4, 0.5) is 8.78 Å². The van der Waals surface area contributed by atoms with Crippen LogP contribution in [0.2, 0.25) is 0 Å². The minimum Gasteiger partial charge on any atom is -0.255 e. The van der Waals surface area contributed by atoms with Crippen molar-refractivity contribution >= 4 is 10.9 Å². The first-order valence-corrected chi connectivity index (χ1v) is 7.79. The number of benzene rings is 2. The maximum Gasteiger partial charge on any atom is 0.270 e. The molecule has 0 N–H and O–H groups in total. The summed E-state index contributed by atoms with van der Waals surface area (Å²) in [6, 6.07) is 14.4. The van der Waals surface area contributed by atoms with Crippen LogP contribution in [0, 0.1) is 6.92 Å². The number of hydrogen-bond acceptors (Lipinski definition) is 1. The maximum atomic E-state index is 13.3. The van der Waals surface area contributed by atoms with Gasteiger partial charge in [0.15, 0.2) is 0 Å². The highest BCUT2D eigenvalue weighted by Gasteiger charge is 2.23. The third kappa shape index (κ3) is 3.73. The number of aryl methyl sites for hydroxylation is 1. The second-order valence-electron chi connectivity index (χ2n) is 5.36. The van der Waals surface area contributed by atoms with E-state index in [9.17, 15) is 8.78 Å². The van der Waals surface area contributed by atoms with E-state index in [4.69, 9.17) is 0 Å². The fourth-order valence-corrected chi connectivity index (χ4v) is 2.45. The van der Waals surface area contributed by atoms with Crippen molar-refractivity contribution in [2.75, 3.05) is 0 Å². The van der Waals surface area contributed by atoms with Gasteiger partial charge in [-0.15, -0.1) is 0 Å². The van der Waals surface area contributed by atoms with Crippen LogP contribution in [0.15, 0.2) is 54.7 Å². The Morgan fingerprint density at radius 3 is 2.22 bits per heavy atom. The van der Waals surface area contributed by atoms with Gasteiger partial charge >= 0.3 is 0 Å². The number of alkyl halides is 2. The molecule has 1 nitrogen and oxygen atoms in total. The number of halogens is 2. The first-order chi connectivity index (χ1) is 10.9. The van der Waals surface area contributed by atoms with Crippen molar-refractivity contribution in [1.29, 1.82) is 0 Å². The number of pyridine rings is 1. The van der Waals surface area contributed by atoms with Crippen LogP contribution in [0.5, 0.6) is 0 Å². The van der Waals surface area contributed by atoms with Crippen LogP contribution in [-0.4, -0.2) is 4.98 Å². The fraction of sp³-hybridized carbons (Fsp3) is 0.250. The Hall–Kier alpha value is -2.29. The van der Waals surface area contributed by atoms with E-state index in [1.54, 1.807) is 12.1 Å². The summed E-state index contributed by atoms with van der Waals surface area (Å²) in [5, 5.41) is 1.05. The molecule has 0 saturated heterocycles. The molecule has 3 rings (SSSR count). The predicted molar refractivity (Wildman–Crippen MR) is 92.8 cm³/mol. The van der Waals surface area contributed by atoms with E-state index in [1.807, 2.05) is 45.2 Å². The average molecular weight is 313 g/mol. The molecule has 0 aliphatic rings. The van der Waals surface area contributed by atoms with Crippen molar-refractivity contribution in [2.45, 2.75) is 33.6 Å². The smallest absolute Gasteiger partial charge is 0.255 e. The molecule has 2 aromatic carbocycles. The minimum atomic E-state index is -2.81. The molecule has 0 amide bonds. The van der Waals surface area contributed by atoms with Gasteiger partial charge in [-0.1, -0.05) is 56.3 Å². The zero-order chi connectivity index (χ0) is 17.0. The van der Waals surface area contributed by atoms with E-state index in [1.165, 1.54) is 12.1 Å². The highest BCUT2D eigenvalue weighted by Crippen LogP contribution is 2.31. The summed E-state index contributed by atoms with van der Waals surface area (Å²) in [5.41, 5.74) is 3.86. The molecule has 3 heteroatoms. The van der Waals surface area contributed by atoms with E-state index in [0.29, 0.717) is 0 Å². The maximum absolute atomic E-state index is 13.3. The Morgan fingerprint density at radius 1 is 0.957 bits per heavy atom. The molecule has 0 spiro atoms. The molecule has 1 aromatic heterocycles. The molecular weight excluding hydrogens is 292 g/mol. The number of para-hydroxylation sites is 1. The molecule has 23 heavy (non-hydrogen) atoms. The monoisotopic (exact) mass is 313 g/mol. The van der Waals surface area contributed by atoms with Crippen LogP contribution in [0.25, 0.3) is 22.0 Å². The van der Waals surface area contributed by atoms with Crippen molar-refractivity contribution in [3.05, 3.63) is 65.9 Å². The van der Waals surface area contributed by atoms with Crippen molar-refractivity contribution in [3.63, 3.8) is 0 Å². The van der Waals surface area contributed by atoms with Gasteiger partial charge in [-0.3, -0.25) is 4.98 Å². The Bertz CT molecular complexity index is 787. The van der Waals surface area contributed by atoms with Crippen LogP contribution in [0.3, 0.4) is 0 Å². The Labute approximate surface area is 136 Å². The fourth-order valence-electron chi connectivity index (χ4n) is 2.45. The largest absolute Gasteiger partial charge is 0.270 e. The van der Waals surface area contributed by atoms with E-state index in [-0.39, 0.29) is 5.56 Å². The Balaban J connectivity index is 0.000000924. The summed E-state index contributed by atoms with van der Waals surface area (Å²) < 4.78 is 26.5. The van der Waals surface area contributed by atoms with Crippen LogP contribution in [0.1, 0.15) is 31.9 Å². The summed E-state index contributed by atoms with van der Waals surface area (Å²) in [6.45, 7) is 6.90. The van der Waals surface area contributed by atoms with Gasteiger partial charge in [-0.2, -0.15) is 0 Å². The SMILES string of the molecule is CC.Cc1cnc2c(-c3ccc(C(C)(F)F)cc3)cccc2c1. The van der Waals surface area contributed by atoms with E-state index >= 15 is 0 Å². The lowest BCUT2D eigenvalue weighted by atomic mass is 9.99. The van der Waals surface area contributed by atoms with Gasteiger partial charge in [0.1, 0.15) is 0 Å². The molecule has 0 unspecified atom stereocenters. The number of aromatic nitrogens is 1. The van der Waals surface area contributed by atoms with Crippen LogP contribution in [-0.2, 0) is 5.92 Å². The summed E-state index contributed by atoms with van der Waals surface area (Å²) in [4.78, 5) is 4.48. The molecule has 0 aliphatic heterocycles. The number of rotatable bonds is 2. The van der Waals surface area contributed by atoms with Gasteiger partial charge in [0.25, 0.3) is 5.92 Å². The number of hydrogen-bond donors (Lipinski definition) is 0. The quantitative estimate of drug-likeness (QED) is 0.537. The minimum absolute atomic E-state index is 0.0234. The summed E-state index contributed by atoms with van der Waals surface area (Å²) in [6.07, 6.45) is 1.82. The second kappa shape index (κ2) is 6.86. The van der Waals surface area contributed by atoms with Gasteiger partial charge in [-0.05, 0) is 24.1 Å². The molecule has 0 bridgehead atoms. The molecule has 0 fully saturated rings. The van der Waals surface area contributed by atoms with Crippen LogP contribution >= 0.6 is 0 Å². The van der Waals surface area contributed by atoms with Gasteiger partial charge in [0, 0.05) is 29.6 Å². The third-order valence-corrected chi connectivity index (χ3v) is 3.55. The molecule has 0 aliphatic carbocycles. The molecule has 120 valence electrons. The molecule has 1 heterocycles. The Kier molecular flexibility index (Phi) is 5.09. The standard InChI is InChI=1S/C18H15F2N.C2H6/c1-12-10-14-4-3-5-16(17(14)21-11-12)13-6-8-15(9-7-13)18(2,19)20;1-2/h3-11H,1-2H3;1-2H3. The zero-order valence-corrected chi connectivity index (χ0v) is 13.9. The number of fused-ring (bicyclic) bond motifs is 1. The predicted octanol–water partition coefficient (Wildman–Crippen LogP) is 6.35. The molecule has 0 radical (unpaired) electrons. The van der Waals surface area contributed by atoms with E-state index in [0.717, 1.165) is 34.5 Å². The van der Waals surface area contributed by atoms with Crippen molar-refractivity contribution in [2.24, 2.45) is 0 Å². The molecule has 0 saturated carbocycles. The van der Waals surface area contributed by atoms with Gasteiger partial charge in [-0.25, -0.2) is 8.78 Å². The lowest BCUT2D eigenvalue weighted by Gasteiger charge is -2.12. The first kappa shape index (κ1) is 17.1.